The van der Waals surface area contributed by atoms with E-state index in [2.05, 4.69) is 17.1 Å². The molecule has 0 aromatic carbocycles. The van der Waals surface area contributed by atoms with Gasteiger partial charge in [0.1, 0.15) is 6.73 Å². The third-order valence-corrected chi connectivity index (χ3v) is 3.04. The molecule has 2 rings (SSSR count). The minimum Gasteiger partial charge on any atom is -0.374 e. The Kier molecular flexibility index (Phi) is 3.76. The molecule has 0 aliphatic carbocycles. The average molecular weight is 250 g/mol. The van der Waals surface area contributed by atoms with Crippen LogP contribution in [0, 0.1) is 6.92 Å². The Balaban J connectivity index is 2.46. The maximum absolute atomic E-state index is 12.0. The molecule has 98 valence electrons. The summed E-state index contributed by atoms with van der Waals surface area (Å²) >= 11 is 0. The Labute approximate surface area is 105 Å². The molecule has 0 radical (unpaired) electrons. The Morgan fingerprint density at radius 2 is 2.11 bits per heavy atom. The number of aromatic nitrogens is 4. The molecular formula is C12H18N4O2. The van der Waals surface area contributed by atoms with Crippen molar-refractivity contribution in [2.24, 2.45) is 0 Å². The standard InChI is InChI=1S/C12H18N4O2/c1-3-4-5-6-15-10-7-13-16(8-17)12(18)11(10)9(2)14-15/h7,17H,3-6,8H2,1-2H3. The van der Waals surface area contributed by atoms with Crippen LogP contribution >= 0.6 is 0 Å². The molecule has 0 aliphatic heterocycles. The molecule has 0 unspecified atom stereocenters. The predicted octanol–water partition coefficient (Wildman–Crippen LogP) is 1.04. The van der Waals surface area contributed by atoms with Gasteiger partial charge in [0.2, 0.25) is 0 Å². The van der Waals surface area contributed by atoms with E-state index in [-0.39, 0.29) is 5.56 Å². The van der Waals surface area contributed by atoms with Crippen LogP contribution in [0.5, 0.6) is 0 Å². The number of nitrogens with zero attached hydrogens (tertiary/aromatic N) is 4. The number of aliphatic hydroxyl groups excluding tert-OH is 1. The molecule has 6 nitrogen and oxygen atoms in total. The Bertz CT molecular complexity index is 600. The molecule has 0 amide bonds. The van der Waals surface area contributed by atoms with Gasteiger partial charge in [0, 0.05) is 6.54 Å². The van der Waals surface area contributed by atoms with Crippen molar-refractivity contribution >= 4 is 10.9 Å². The molecule has 6 heteroatoms. The van der Waals surface area contributed by atoms with Gasteiger partial charge in [-0.2, -0.15) is 10.2 Å². The number of hydrogen-bond donors (Lipinski definition) is 1. The highest BCUT2D eigenvalue weighted by Gasteiger charge is 2.12. The number of fused-ring (bicyclic) bond motifs is 1. The van der Waals surface area contributed by atoms with Crippen LogP contribution in [0.2, 0.25) is 0 Å². The van der Waals surface area contributed by atoms with Crippen LogP contribution in [0.25, 0.3) is 10.9 Å². The first-order valence-electron chi connectivity index (χ1n) is 6.23. The summed E-state index contributed by atoms with van der Waals surface area (Å²) in [5.41, 5.74) is 1.16. The van der Waals surface area contributed by atoms with Gasteiger partial charge in [0.05, 0.1) is 22.8 Å². The lowest BCUT2D eigenvalue weighted by Crippen LogP contribution is -2.22. The summed E-state index contributed by atoms with van der Waals surface area (Å²) in [6.45, 7) is 4.34. The molecule has 18 heavy (non-hydrogen) atoms. The van der Waals surface area contributed by atoms with Crippen molar-refractivity contribution in [3.8, 4) is 0 Å². The summed E-state index contributed by atoms with van der Waals surface area (Å²) in [6, 6.07) is 0. The second-order valence-corrected chi connectivity index (χ2v) is 4.37. The van der Waals surface area contributed by atoms with E-state index in [1.165, 1.54) is 0 Å². The second-order valence-electron chi connectivity index (χ2n) is 4.37. The van der Waals surface area contributed by atoms with Crippen LogP contribution in [-0.2, 0) is 13.3 Å². The van der Waals surface area contributed by atoms with Gasteiger partial charge in [-0.3, -0.25) is 9.48 Å². The summed E-state index contributed by atoms with van der Waals surface area (Å²) in [6.07, 6.45) is 4.92. The second kappa shape index (κ2) is 5.30. The molecule has 0 saturated heterocycles. The summed E-state index contributed by atoms with van der Waals surface area (Å²) in [4.78, 5) is 12.0. The van der Waals surface area contributed by atoms with E-state index >= 15 is 0 Å². The van der Waals surface area contributed by atoms with Crippen molar-refractivity contribution in [2.75, 3.05) is 0 Å². The zero-order valence-corrected chi connectivity index (χ0v) is 10.8. The first-order valence-corrected chi connectivity index (χ1v) is 6.23. The predicted molar refractivity (Wildman–Crippen MR) is 68.3 cm³/mol. The number of aryl methyl sites for hydroxylation is 2. The minimum atomic E-state index is -0.408. The van der Waals surface area contributed by atoms with Crippen LogP contribution in [0.15, 0.2) is 11.0 Å². The van der Waals surface area contributed by atoms with Gasteiger partial charge in [-0.15, -0.1) is 0 Å². The Hall–Kier alpha value is -1.69. The highest BCUT2D eigenvalue weighted by atomic mass is 16.3. The van der Waals surface area contributed by atoms with Gasteiger partial charge in [-0.05, 0) is 13.3 Å². The molecule has 1 N–H and O–H groups in total. The smallest absolute Gasteiger partial charge is 0.280 e. The molecular weight excluding hydrogens is 232 g/mol. The lowest BCUT2D eigenvalue weighted by Gasteiger charge is -2.03. The topological polar surface area (TPSA) is 72.9 Å². The fraction of sp³-hybridized carbons (Fsp3) is 0.583. The molecule has 2 aromatic rings. The molecule has 2 heterocycles. The van der Waals surface area contributed by atoms with E-state index in [0.29, 0.717) is 11.1 Å². The number of unbranched alkanes of at least 4 members (excludes halogenated alkanes) is 2. The molecule has 0 fully saturated rings. The quantitative estimate of drug-likeness (QED) is 0.805. The lowest BCUT2D eigenvalue weighted by atomic mass is 10.2. The molecule has 0 aliphatic rings. The molecule has 2 aromatic heterocycles. The van der Waals surface area contributed by atoms with Crippen LogP contribution in [0.4, 0.5) is 0 Å². The average Bonchev–Trinajstić information content (AvgIpc) is 2.68. The van der Waals surface area contributed by atoms with Crippen LogP contribution in [0.1, 0.15) is 31.9 Å². The summed E-state index contributed by atoms with van der Waals surface area (Å²) in [7, 11) is 0. The van der Waals surface area contributed by atoms with E-state index in [9.17, 15) is 4.79 Å². The molecule has 0 spiro atoms. The van der Waals surface area contributed by atoms with Crippen molar-refractivity contribution in [2.45, 2.75) is 46.4 Å². The summed E-state index contributed by atoms with van der Waals surface area (Å²) in [5, 5.41) is 17.9. The number of rotatable bonds is 5. The van der Waals surface area contributed by atoms with Gasteiger partial charge in [-0.1, -0.05) is 19.8 Å². The number of hydrogen-bond acceptors (Lipinski definition) is 4. The molecule has 0 atom stereocenters. The zero-order chi connectivity index (χ0) is 13.1. The van der Waals surface area contributed by atoms with Gasteiger partial charge in [-0.25, -0.2) is 4.68 Å². The van der Waals surface area contributed by atoms with Crippen molar-refractivity contribution in [1.82, 2.24) is 19.6 Å². The monoisotopic (exact) mass is 250 g/mol. The third-order valence-electron chi connectivity index (χ3n) is 3.04. The lowest BCUT2D eigenvalue weighted by molar-refractivity contribution is 0.189. The van der Waals surface area contributed by atoms with Crippen molar-refractivity contribution in [1.29, 1.82) is 0 Å². The van der Waals surface area contributed by atoms with E-state index in [4.69, 9.17) is 5.11 Å². The number of aliphatic hydroxyl groups is 1. The van der Waals surface area contributed by atoms with Crippen molar-refractivity contribution in [3.05, 3.63) is 22.2 Å². The van der Waals surface area contributed by atoms with Gasteiger partial charge in [0.15, 0.2) is 0 Å². The fourth-order valence-electron chi connectivity index (χ4n) is 2.08. The van der Waals surface area contributed by atoms with Crippen molar-refractivity contribution < 1.29 is 5.11 Å². The maximum Gasteiger partial charge on any atom is 0.280 e. The van der Waals surface area contributed by atoms with E-state index < -0.39 is 6.73 Å². The Morgan fingerprint density at radius 3 is 2.78 bits per heavy atom. The van der Waals surface area contributed by atoms with E-state index in [0.717, 1.165) is 36.0 Å². The van der Waals surface area contributed by atoms with Crippen LogP contribution in [-0.4, -0.2) is 24.7 Å². The van der Waals surface area contributed by atoms with Crippen molar-refractivity contribution in [3.63, 3.8) is 0 Å². The minimum absolute atomic E-state index is 0.283. The van der Waals surface area contributed by atoms with Crippen LogP contribution in [0.3, 0.4) is 0 Å². The van der Waals surface area contributed by atoms with Crippen LogP contribution < -0.4 is 5.56 Å². The highest BCUT2D eigenvalue weighted by Crippen LogP contribution is 2.13. The SMILES string of the molecule is CCCCCn1nc(C)c2c(=O)n(CO)ncc21. The van der Waals surface area contributed by atoms with Gasteiger partial charge < -0.3 is 5.11 Å². The van der Waals surface area contributed by atoms with E-state index in [1.54, 1.807) is 6.20 Å². The zero-order valence-electron chi connectivity index (χ0n) is 10.8. The largest absolute Gasteiger partial charge is 0.374 e. The first kappa shape index (κ1) is 12.8. The first-order chi connectivity index (χ1) is 8.69. The highest BCUT2D eigenvalue weighted by molar-refractivity contribution is 5.79. The van der Waals surface area contributed by atoms with E-state index in [1.807, 2.05) is 11.6 Å². The maximum atomic E-state index is 12.0. The van der Waals surface area contributed by atoms with Gasteiger partial charge >= 0.3 is 0 Å². The molecule has 0 saturated carbocycles. The normalized spacial score (nSPS) is 11.3. The molecule has 0 bridgehead atoms. The summed E-state index contributed by atoms with van der Waals surface area (Å²) in [5.74, 6) is 0. The third kappa shape index (κ3) is 2.15. The Morgan fingerprint density at radius 1 is 1.33 bits per heavy atom. The fourth-order valence-corrected chi connectivity index (χ4v) is 2.08. The van der Waals surface area contributed by atoms with Gasteiger partial charge in [0.25, 0.3) is 5.56 Å². The summed E-state index contributed by atoms with van der Waals surface area (Å²) < 4.78 is 2.86.